The number of hydrogen-bond acceptors (Lipinski definition) is 5. The predicted molar refractivity (Wildman–Crippen MR) is 69.6 cm³/mol. The molecule has 1 fully saturated rings. The molecule has 106 valence electrons. The second-order valence-corrected chi connectivity index (χ2v) is 5.71. The molecule has 1 aliphatic rings. The fourth-order valence-corrected chi connectivity index (χ4v) is 2.03. The summed E-state index contributed by atoms with van der Waals surface area (Å²) >= 11 is 0. The monoisotopic (exact) mass is 267 g/mol. The Morgan fingerprint density at radius 3 is 2.84 bits per heavy atom. The van der Waals surface area contributed by atoms with Gasteiger partial charge in [-0.3, -0.25) is 9.58 Å². The Balaban J connectivity index is 2.14. The lowest BCUT2D eigenvalue weighted by molar-refractivity contribution is 0.0113. The van der Waals surface area contributed by atoms with Crippen molar-refractivity contribution in [1.82, 2.24) is 25.2 Å². The summed E-state index contributed by atoms with van der Waals surface area (Å²) < 4.78 is 7.08. The first-order chi connectivity index (χ1) is 8.87. The van der Waals surface area contributed by atoms with Gasteiger partial charge in [-0.15, -0.1) is 5.10 Å². The van der Waals surface area contributed by atoms with Crippen LogP contribution in [-0.2, 0) is 11.8 Å². The van der Waals surface area contributed by atoms with Gasteiger partial charge in [0.15, 0.2) is 0 Å². The number of rotatable bonds is 1. The predicted octanol–water partition coefficient (Wildman–Crippen LogP) is 0.696. The van der Waals surface area contributed by atoms with E-state index in [-0.39, 0.29) is 12.1 Å². The van der Waals surface area contributed by atoms with Crippen molar-refractivity contribution in [3.8, 4) is 0 Å². The van der Waals surface area contributed by atoms with E-state index in [1.807, 2.05) is 34.0 Å². The lowest BCUT2D eigenvalue weighted by Crippen LogP contribution is -2.50. The van der Waals surface area contributed by atoms with Crippen LogP contribution in [0, 0.1) is 0 Å². The number of carbonyl (C=O) groups is 1. The first kappa shape index (κ1) is 13.8. The highest BCUT2D eigenvalue weighted by molar-refractivity contribution is 5.69. The van der Waals surface area contributed by atoms with Crippen LogP contribution in [0.1, 0.15) is 32.5 Å². The molecule has 0 radical (unpaired) electrons. The Labute approximate surface area is 112 Å². The van der Waals surface area contributed by atoms with E-state index in [1.54, 1.807) is 9.58 Å². The summed E-state index contributed by atoms with van der Waals surface area (Å²) in [6, 6.07) is -0.128. The van der Waals surface area contributed by atoms with Crippen molar-refractivity contribution in [3.63, 3.8) is 0 Å². The summed E-state index contributed by atoms with van der Waals surface area (Å²) in [6.07, 6.45) is 1.53. The van der Waals surface area contributed by atoms with Crippen LogP contribution >= 0.6 is 0 Å². The maximum atomic E-state index is 12.2. The molecule has 19 heavy (non-hydrogen) atoms. The zero-order chi connectivity index (χ0) is 14.0. The lowest BCUT2D eigenvalue weighted by Gasteiger charge is -2.36. The van der Waals surface area contributed by atoms with Crippen LogP contribution in [0.3, 0.4) is 0 Å². The van der Waals surface area contributed by atoms with Crippen molar-refractivity contribution in [2.24, 2.45) is 7.05 Å². The number of piperazine rings is 1. The van der Waals surface area contributed by atoms with Gasteiger partial charge in [0.2, 0.25) is 0 Å². The number of nitrogens with one attached hydrogen (secondary N) is 1. The molecule has 0 aliphatic carbocycles. The molecule has 1 aliphatic heterocycles. The van der Waals surface area contributed by atoms with Gasteiger partial charge in [-0.05, 0) is 20.8 Å². The van der Waals surface area contributed by atoms with Crippen molar-refractivity contribution in [2.75, 3.05) is 19.6 Å². The maximum absolute atomic E-state index is 12.2. The van der Waals surface area contributed by atoms with Gasteiger partial charge in [0.05, 0.1) is 12.2 Å². The molecule has 0 aromatic carbocycles. The van der Waals surface area contributed by atoms with Gasteiger partial charge < -0.3 is 10.1 Å². The summed E-state index contributed by atoms with van der Waals surface area (Å²) in [5, 5.41) is 11.3. The van der Waals surface area contributed by atoms with Crippen LogP contribution in [0.4, 0.5) is 4.79 Å². The second-order valence-electron chi connectivity index (χ2n) is 5.71. The molecular weight excluding hydrogens is 246 g/mol. The SMILES string of the molecule is Cn1cc(C2CNCCN2C(=O)OC(C)(C)C)nn1. The summed E-state index contributed by atoms with van der Waals surface area (Å²) in [6.45, 7) is 7.63. The number of aromatic nitrogens is 3. The Hall–Kier alpha value is -1.63. The zero-order valence-electron chi connectivity index (χ0n) is 11.9. The number of aryl methyl sites for hydroxylation is 1. The third-order valence-electron chi connectivity index (χ3n) is 2.83. The standard InChI is InChI=1S/C12H21N5O2/c1-12(2,3)19-11(18)17-6-5-13-7-10(17)9-8-16(4)15-14-9/h8,10,13H,5-7H2,1-4H3. The highest BCUT2D eigenvalue weighted by Gasteiger charge is 2.32. The minimum absolute atomic E-state index is 0.128. The van der Waals surface area contributed by atoms with Crippen molar-refractivity contribution >= 4 is 6.09 Å². The summed E-state index contributed by atoms with van der Waals surface area (Å²) in [4.78, 5) is 13.9. The molecule has 1 aromatic rings. The fraction of sp³-hybridized carbons (Fsp3) is 0.750. The molecular formula is C12H21N5O2. The molecule has 1 N–H and O–H groups in total. The number of amides is 1. The van der Waals surface area contributed by atoms with Crippen LogP contribution in [0.2, 0.25) is 0 Å². The lowest BCUT2D eigenvalue weighted by atomic mass is 10.1. The normalized spacial score (nSPS) is 20.4. The van der Waals surface area contributed by atoms with Gasteiger partial charge >= 0.3 is 6.09 Å². The van der Waals surface area contributed by atoms with Crippen LogP contribution in [0.5, 0.6) is 0 Å². The third-order valence-corrected chi connectivity index (χ3v) is 2.83. The molecule has 2 heterocycles. The highest BCUT2D eigenvalue weighted by Crippen LogP contribution is 2.22. The van der Waals surface area contributed by atoms with Crippen molar-refractivity contribution in [3.05, 3.63) is 11.9 Å². The van der Waals surface area contributed by atoms with E-state index >= 15 is 0 Å². The molecule has 0 bridgehead atoms. The smallest absolute Gasteiger partial charge is 0.410 e. The molecule has 1 unspecified atom stereocenters. The minimum atomic E-state index is -0.491. The van der Waals surface area contributed by atoms with Gasteiger partial charge in [0, 0.05) is 26.7 Å². The zero-order valence-corrected chi connectivity index (χ0v) is 11.9. The number of nitrogens with zero attached hydrogens (tertiary/aromatic N) is 4. The van der Waals surface area contributed by atoms with E-state index in [0.29, 0.717) is 13.1 Å². The molecule has 1 amide bonds. The van der Waals surface area contributed by atoms with Gasteiger partial charge in [-0.1, -0.05) is 5.21 Å². The summed E-state index contributed by atoms with van der Waals surface area (Å²) in [5.41, 5.74) is 0.287. The second kappa shape index (κ2) is 5.16. The van der Waals surface area contributed by atoms with Crippen LogP contribution in [-0.4, -0.2) is 51.2 Å². The molecule has 1 aromatic heterocycles. The van der Waals surface area contributed by atoms with Crippen molar-refractivity contribution in [1.29, 1.82) is 0 Å². The average Bonchev–Trinajstić information content (AvgIpc) is 2.73. The number of hydrogen-bond donors (Lipinski definition) is 1. The van der Waals surface area contributed by atoms with E-state index in [9.17, 15) is 4.79 Å². The molecule has 1 saturated heterocycles. The van der Waals surface area contributed by atoms with Gasteiger partial charge in [0.1, 0.15) is 11.3 Å². The molecule has 1 atom stereocenters. The Bertz CT molecular complexity index is 451. The Morgan fingerprint density at radius 2 is 2.26 bits per heavy atom. The minimum Gasteiger partial charge on any atom is -0.444 e. The van der Waals surface area contributed by atoms with E-state index in [1.165, 1.54) is 0 Å². The first-order valence-corrected chi connectivity index (χ1v) is 6.43. The largest absolute Gasteiger partial charge is 0.444 e. The fourth-order valence-electron chi connectivity index (χ4n) is 2.03. The third kappa shape index (κ3) is 3.44. The van der Waals surface area contributed by atoms with E-state index < -0.39 is 5.60 Å². The van der Waals surface area contributed by atoms with Crippen molar-refractivity contribution < 1.29 is 9.53 Å². The van der Waals surface area contributed by atoms with E-state index in [0.717, 1.165) is 12.2 Å². The molecule has 7 nitrogen and oxygen atoms in total. The quantitative estimate of drug-likeness (QED) is 0.810. The molecule has 2 rings (SSSR count). The summed E-state index contributed by atoms with van der Waals surface area (Å²) in [7, 11) is 1.81. The first-order valence-electron chi connectivity index (χ1n) is 6.43. The summed E-state index contributed by atoms with van der Waals surface area (Å²) in [5.74, 6) is 0. The van der Waals surface area contributed by atoms with Crippen LogP contribution < -0.4 is 5.32 Å². The Kier molecular flexibility index (Phi) is 3.75. The van der Waals surface area contributed by atoms with Gasteiger partial charge in [-0.25, -0.2) is 4.79 Å². The Morgan fingerprint density at radius 1 is 1.53 bits per heavy atom. The number of ether oxygens (including phenoxy) is 1. The van der Waals surface area contributed by atoms with E-state index in [4.69, 9.17) is 4.74 Å². The topological polar surface area (TPSA) is 72.3 Å². The highest BCUT2D eigenvalue weighted by atomic mass is 16.6. The van der Waals surface area contributed by atoms with E-state index in [2.05, 4.69) is 15.6 Å². The number of carbonyl (C=O) groups excluding carboxylic acids is 1. The molecule has 0 saturated carbocycles. The molecule has 7 heteroatoms. The molecule has 0 spiro atoms. The van der Waals surface area contributed by atoms with Gasteiger partial charge in [-0.2, -0.15) is 0 Å². The van der Waals surface area contributed by atoms with Gasteiger partial charge in [0.25, 0.3) is 0 Å². The maximum Gasteiger partial charge on any atom is 0.410 e. The van der Waals surface area contributed by atoms with Crippen LogP contribution in [0.25, 0.3) is 0 Å². The van der Waals surface area contributed by atoms with Crippen LogP contribution in [0.15, 0.2) is 6.20 Å². The average molecular weight is 267 g/mol. The van der Waals surface area contributed by atoms with Crippen molar-refractivity contribution in [2.45, 2.75) is 32.4 Å².